The molecule has 1 aromatic rings. The first-order valence-electron chi connectivity index (χ1n) is 6.25. The molecule has 0 radical (unpaired) electrons. The van der Waals surface area contributed by atoms with E-state index >= 15 is 0 Å². The van der Waals surface area contributed by atoms with E-state index in [9.17, 15) is 4.79 Å². The van der Waals surface area contributed by atoms with Crippen LogP contribution in [0.1, 0.15) is 27.2 Å². The standard InChI is InChI=1S/C14H20N2O2/c1-14(2,3)6-7-15-10-4-5-12-11(8-10)16-13(17)9-18-12/h4-5,8,15H,6-7,9H2,1-3H3,(H,16,17). The Balaban J connectivity index is 1.98. The van der Waals surface area contributed by atoms with Crippen LogP contribution in [0.4, 0.5) is 11.4 Å². The molecule has 1 aliphatic rings. The highest BCUT2D eigenvalue weighted by Crippen LogP contribution is 2.30. The molecule has 0 aliphatic carbocycles. The molecule has 1 amide bonds. The summed E-state index contributed by atoms with van der Waals surface area (Å²) in [6.45, 7) is 7.67. The fraction of sp³-hybridized carbons (Fsp3) is 0.500. The molecule has 2 N–H and O–H groups in total. The van der Waals surface area contributed by atoms with E-state index in [-0.39, 0.29) is 12.5 Å². The highest BCUT2D eigenvalue weighted by molar-refractivity contribution is 5.95. The van der Waals surface area contributed by atoms with Crippen molar-refractivity contribution < 1.29 is 9.53 Å². The van der Waals surface area contributed by atoms with Crippen LogP contribution in [0.3, 0.4) is 0 Å². The van der Waals surface area contributed by atoms with E-state index in [2.05, 4.69) is 31.4 Å². The average molecular weight is 248 g/mol. The number of carbonyl (C=O) groups excluding carboxylic acids is 1. The van der Waals surface area contributed by atoms with Gasteiger partial charge in [-0.1, -0.05) is 20.8 Å². The van der Waals surface area contributed by atoms with Gasteiger partial charge in [-0.05, 0) is 30.0 Å². The number of nitrogens with one attached hydrogen (secondary N) is 2. The quantitative estimate of drug-likeness (QED) is 0.864. The lowest BCUT2D eigenvalue weighted by atomic mass is 9.92. The zero-order valence-corrected chi connectivity index (χ0v) is 11.2. The van der Waals surface area contributed by atoms with Gasteiger partial charge in [-0.25, -0.2) is 0 Å². The molecule has 4 heteroatoms. The molecule has 1 aromatic carbocycles. The number of hydrogen-bond acceptors (Lipinski definition) is 3. The van der Waals surface area contributed by atoms with E-state index in [4.69, 9.17) is 4.74 Å². The molecule has 2 rings (SSSR count). The Morgan fingerprint density at radius 3 is 2.89 bits per heavy atom. The summed E-state index contributed by atoms with van der Waals surface area (Å²) in [5.74, 6) is 0.630. The lowest BCUT2D eigenvalue weighted by Crippen LogP contribution is -2.25. The van der Waals surface area contributed by atoms with Crippen LogP contribution in [0.2, 0.25) is 0 Å². The van der Waals surface area contributed by atoms with Gasteiger partial charge in [-0.2, -0.15) is 0 Å². The van der Waals surface area contributed by atoms with Crippen LogP contribution >= 0.6 is 0 Å². The Labute approximate surface area is 108 Å². The van der Waals surface area contributed by atoms with Crippen molar-refractivity contribution in [3.63, 3.8) is 0 Å². The Kier molecular flexibility index (Phi) is 3.45. The number of fused-ring (bicyclic) bond motifs is 1. The maximum Gasteiger partial charge on any atom is 0.262 e. The van der Waals surface area contributed by atoms with E-state index in [0.29, 0.717) is 5.41 Å². The van der Waals surface area contributed by atoms with Crippen molar-refractivity contribution in [2.24, 2.45) is 5.41 Å². The third-order valence-electron chi connectivity index (χ3n) is 2.82. The fourth-order valence-corrected chi connectivity index (χ4v) is 1.77. The first kappa shape index (κ1) is 12.7. The smallest absolute Gasteiger partial charge is 0.262 e. The number of carbonyl (C=O) groups is 1. The minimum atomic E-state index is -0.102. The van der Waals surface area contributed by atoms with Gasteiger partial charge in [0.2, 0.25) is 0 Å². The lowest BCUT2D eigenvalue weighted by Gasteiger charge is -2.21. The van der Waals surface area contributed by atoms with Crippen molar-refractivity contribution in [1.29, 1.82) is 0 Å². The summed E-state index contributed by atoms with van der Waals surface area (Å²) < 4.78 is 5.31. The van der Waals surface area contributed by atoms with E-state index in [1.54, 1.807) is 0 Å². The van der Waals surface area contributed by atoms with E-state index in [0.717, 1.165) is 30.1 Å². The van der Waals surface area contributed by atoms with Gasteiger partial charge < -0.3 is 15.4 Å². The van der Waals surface area contributed by atoms with Gasteiger partial charge in [-0.15, -0.1) is 0 Å². The van der Waals surface area contributed by atoms with Crippen LogP contribution in [0.25, 0.3) is 0 Å². The molecule has 18 heavy (non-hydrogen) atoms. The summed E-state index contributed by atoms with van der Waals surface area (Å²) in [6.07, 6.45) is 1.09. The van der Waals surface area contributed by atoms with Crippen LogP contribution in [-0.4, -0.2) is 19.1 Å². The Morgan fingerprint density at radius 2 is 2.17 bits per heavy atom. The zero-order chi connectivity index (χ0) is 13.2. The van der Waals surface area contributed by atoms with Crippen LogP contribution in [0, 0.1) is 5.41 Å². The van der Waals surface area contributed by atoms with Crippen LogP contribution in [0.15, 0.2) is 18.2 Å². The molecule has 0 bridgehead atoms. The predicted molar refractivity (Wildman–Crippen MR) is 73.1 cm³/mol. The van der Waals surface area contributed by atoms with E-state index < -0.39 is 0 Å². The van der Waals surface area contributed by atoms with Crippen molar-refractivity contribution in [1.82, 2.24) is 0 Å². The molecule has 98 valence electrons. The van der Waals surface area contributed by atoms with E-state index in [1.807, 2.05) is 18.2 Å². The largest absolute Gasteiger partial charge is 0.482 e. The van der Waals surface area contributed by atoms with Gasteiger partial charge in [0, 0.05) is 12.2 Å². The first-order valence-corrected chi connectivity index (χ1v) is 6.25. The second kappa shape index (κ2) is 4.88. The summed E-state index contributed by atoms with van der Waals surface area (Å²) in [7, 11) is 0. The molecule has 0 aromatic heterocycles. The van der Waals surface area contributed by atoms with Gasteiger partial charge in [0.05, 0.1) is 5.69 Å². The van der Waals surface area contributed by atoms with Crippen LogP contribution in [-0.2, 0) is 4.79 Å². The lowest BCUT2D eigenvalue weighted by molar-refractivity contribution is -0.118. The van der Waals surface area contributed by atoms with Gasteiger partial charge in [0.15, 0.2) is 6.61 Å². The molecular weight excluding hydrogens is 228 g/mol. The number of amides is 1. The minimum absolute atomic E-state index is 0.101. The summed E-state index contributed by atoms with van der Waals surface area (Å²) >= 11 is 0. The molecule has 1 heterocycles. The average Bonchev–Trinajstić information content (AvgIpc) is 2.26. The molecule has 0 saturated heterocycles. The highest BCUT2D eigenvalue weighted by atomic mass is 16.5. The molecule has 0 unspecified atom stereocenters. The number of hydrogen-bond donors (Lipinski definition) is 2. The maximum atomic E-state index is 11.2. The molecule has 0 fully saturated rings. The monoisotopic (exact) mass is 248 g/mol. The Morgan fingerprint density at radius 1 is 1.39 bits per heavy atom. The van der Waals surface area contributed by atoms with Crippen molar-refractivity contribution in [3.8, 4) is 5.75 Å². The summed E-state index contributed by atoms with van der Waals surface area (Å²) in [4.78, 5) is 11.2. The number of benzene rings is 1. The predicted octanol–water partition coefficient (Wildman–Crippen LogP) is 2.87. The number of anilines is 2. The Hall–Kier alpha value is -1.71. The SMILES string of the molecule is CC(C)(C)CCNc1ccc2c(c1)NC(=O)CO2. The van der Waals surface area contributed by atoms with Crippen molar-refractivity contribution in [2.45, 2.75) is 27.2 Å². The fourth-order valence-electron chi connectivity index (χ4n) is 1.77. The highest BCUT2D eigenvalue weighted by Gasteiger charge is 2.16. The normalized spacial score (nSPS) is 14.5. The number of ether oxygens (including phenoxy) is 1. The Bertz CT molecular complexity index is 450. The topological polar surface area (TPSA) is 50.4 Å². The van der Waals surface area contributed by atoms with Crippen LogP contribution in [0.5, 0.6) is 5.75 Å². The molecule has 0 spiro atoms. The zero-order valence-electron chi connectivity index (χ0n) is 11.2. The van der Waals surface area contributed by atoms with Gasteiger partial charge in [0.25, 0.3) is 5.91 Å². The number of rotatable bonds is 3. The second-order valence-electron chi connectivity index (χ2n) is 5.79. The van der Waals surface area contributed by atoms with Crippen molar-refractivity contribution in [3.05, 3.63) is 18.2 Å². The molecular formula is C14H20N2O2. The van der Waals surface area contributed by atoms with E-state index in [1.165, 1.54) is 0 Å². The minimum Gasteiger partial charge on any atom is -0.482 e. The van der Waals surface area contributed by atoms with Crippen LogP contribution < -0.4 is 15.4 Å². The maximum absolute atomic E-state index is 11.2. The first-order chi connectivity index (χ1) is 8.44. The molecule has 1 aliphatic heterocycles. The third-order valence-corrected chi connectivity index (χ3v) is 2.82. The summed E-state index contributed by atoms with van der Waals surface area (Å²) in [5, 5.41) is 6.16. The van der Waals surface area contributed by atoms with Gasteiger partial charge in [-0.3, -0.25) is 4.79 Å². The van der Waals surface area contributed by atoms with Gasteiger partial charge in [0.1, 0.15) is 5.75 Å². The third kappa shape index (κ3) is 3.39. The molecule has 4 nitrogen and oxygen atoms in total. The molecule has 0 atom stereocenters. The van der Waals surface area contributed by atoms with Crippen molar-refractivity contribution in [2.75, 3.05) is 23.8 Å². The van der Waals surface area contributed by atoms with Crippen molar-refractivity contribution >= 4 is 17.3 Å². The molecule has 0 saturated carbocycles. The summed E-state index contributed by atoms with van der Waals surface area (Å²) in [5.41, 5.74) is 2.06. The second-order valence-corrected chi connectivity index (χ2v) is 5.79. The summed E-state index contributed by atoms with van der Waals surface area (Å²) in [6, 6.07) is 5.77. The van der Waals surface area contributed by atoms with Gasteiger partial charge >= 0.3 is 0 Å².